The molecule has 1 aromatic carbocycles. The molecule has 0 spiro atoms. The lowest BCUT2D eigenvalue weighted by Crippen LogP contribution is -2.48. The Labute approximate surface area is 148 Å². The normalized spacial score (nSPS) is 15.2. The van der Waals surface area contributed by atoms with Crippen molar-refractivity contribution in [2.24, 2.45) is 0 Å². The van der Waals surface area contributed by atoms with Crippen molar-refractivity contribution in [2.75, 3.05) is 38.0 Å². The molecule has 1 amide bonds. The summed E-state index contributed by atoms with van der Waals surface area (Å²) in [5.74, 6) is 0.506. The van der Waals surface area contributed by atoms with E-state index in [9.17, 15) is 4.79 Å². The fourth-order valence-electron chi connectivity index (χ4n) is 3.13. The molecule has 1 aromatic heterocycles. The zero-order valence-corrected chi connectivity index (χ0v) is 15.1. The Morgan fingerprint density at radius 3 is 2.20 bits per heavy atom. The second kappa shape index (κ2) is 7.61. The van der Waals surface area contributed by atoms with Crippen molar-refractivity contribution in [2.45, 2.75) is 20.8 Å². The summed E-state index contributed by atoms with van der Waals surface area (Å²) in [4.78, 5) is 25.4. The lowest BCUT2D eigenvalue weighted by Gasteiger charge is -2.33. The van der Waals surface area contributed by atoms with Gasteiger partial charge in [0.2, 0.25) is 5.95 Å². The van der Waals surface area contributed by atoms with Gasteiger partial charge in [-0.15, -0.1) is 0 Å². The predicted molar refractivity (Wildman–Crippen MR) is 99.2 cm³/mol. The van der Waals surface area contributed by atoms with Crippen molar-refractivity contribution in [3.05, 3.63) is 47.3 Å². The van der Waals surface area contributed by atoms with Crippen LogP contribution in [-0.4, -0.2) is 58.4 Å². The van der Waals surface area contributed by atoms with Crippen molar-refractivity contribution < 1.29 is 4.79 Å². The van der Waals surface area contributed by atoms with Crippen molar-refractivity contribution in [1.29, 1.82) is 0 Å². The summed E-state index contributed by atoms with van der Waals surface area (Å²) in [5.41, 5.74) is 3.85. The molecule has 3 rings (SSSR count). The SMILES string of the molecule is CCN1CCN(C(=O)c2cnc(Nc3cc(C)cc(C)c3)nc2)CC1. The van der Waals surface area contributed by atoms with E-state index in [1.54, 1.807) is 12.4 Å². The number of nitrogens with one attached hydrogen (secondary N) is 1. The van der Waals surface area contributed by atoms with Crippen LogP contribution in [0.5, 0.6) is 0 Å². The van der Waals surface area contributed by atoms with Gasteiger partial charge in [-0.2, -0.15) is 0 Å². The van der Waals surface area contributed by atoms with Crippen LogP contribution in [0, 0.1) is 13.8 Å². The maximum atomic E-state index is 12.6. The minimum absolute atomic E-state index is 0.00806. The van der Waals surface area contributed by atoms with Gasteiger partial charge in [-0.05, 0) is 43.7 Å². The Kier molecular flexibility index (Phi) is 5.28. The molecular weight excluding hydrogens is 314 g/mol. The van der Waals surface area contributed by atoms with Crippen LogP contribution in [0.2, 0.25) is 0 Å². The number of rotatable bonds is 4. The molecule has 2 aromatic rings. The van der Waals surface area contributed by atoms with Gasteiger partial charge in [0.05, 0.1) is 5.56 Å². The Balaban J connectivity index is 1.64. The molecule has 2 heterocycles. The molecule has 6 heteroatoms. The first-order chi connectivity index (χ1) is 12.0. The Hall–Kier alpha value is -2.47. The third-order valence-corrected chi connectivity index (χ3v) is 4.48. The smallest absolute Gasteiger partial charge is 0.257 e. The fraction of sp³-hybridized carbons (Fsp3) is 0.421. The first-order valence-electron chi connectivity index (χ1n) is 8.74. The van der Waals surface area contributed by atoms with E-state index in [0.29, 0.717) is 11.5 Å². The second-order valence-corrected chi connectivity index (χ2v) is 6.52. The van der Waals surface area contributed by atoms with Gasteiger partial charge in [0.25, 0.3) is 5.91 Å². The van der Waals surface area contributed by atoms with Crippen molar-refractivity contribution in [3.63, 3.8) is 0 Å². The third kappa shape index (κ3) is 4.33. The lowest BCUT2D eigenvalue weighted by molar-refractivity contribution is 0.0642. The summed E-state index contributed by atoms with van der Waals surface area (Å²) in [6.07, 6.45) is 3.21. The van der Waals surface area contributed by atoms with Crippen LogP contribution in [0.15, 0.2) is 30.6 Å². The average Bonchev–Trinajstić information content (AvgIpc) is 2.61. The largest absolute Gasteiger partial charge is 0.336 e. The summed E-state index contributed by atoms with van der Waals surface area (Å²) < 4.78 is 0. The molecule has 1 aliphatic rings. The minimum atomic E-state index is 0.00806. The number of aryl methyl sites for hydroxylation is 2. The highest BCUT2D eigenvalue weighted by Gasteiger charge is 2.21. The van der Waals surface area contributed by atoms with Gasteiger partial charge in [-0.1, -0.05) is 13.0 Å². The monoisotopic (exact) mass is 339 g/mol. The quantitative estimate of drug-likeness (QED) is 0.928. The van der Waals surface area contributed by atoms with Gasteiger partial charge >= 0.3 is 0 Å². The van der Waals surface area contributed by atoms with Crippen LogP contribution in [0.3, 0.4) is 0 Å². The topological polar surface area (TPSA) is 61.4 Å². The molecule has 0 atom stereocenters. The highest BCUT2D eigenvalue weighted by atomic mass is 16.2. The maximum Gasteiger partial charge on any atom is 0.257 e. The number of likely N-dealkylation sites (N-methyl/N-ethyl adjacent to an activating group) is 1. The summed E-state index contributed by atoms with van der Waals surface area (Å²) in [7, 11) is 0. The summed E-state index contributed by atoms with van der Waals surface area (Å²) in [6, 6.07) is 6.21. The molecule has 1 saturated heterocycles. The number of hydrogen-bond acceptors (Lipinski definition) is 5. The molecule has 0 unspecified atom stereocenters. The molecule has 1 N–H and O–H groups in total. The number of hydrogen-bond donors (Lipinski definition) is 1. The lowest BCUT2D eigenvalue weighted by atomic mass is 10.1. The van der Waals surface area contributed by atoms with Crippen LogP contribution < -0.4 is 5.32 Å². The van der Waals surface area contributed by atoms with E-state index in [1.807, 2.05) is 17.0 Å². The maximum absolute atomic E-state index is 12.6. The number of amides is 1. The van der Waals surface area contributed by atoms with E-state index in [2.05, 4.69) is 47.0 Å². The van der Waals surface area contributed by atoms with E-state index in [0.717, 1.165) is 38.4 Å². The van der Waals surface area contributed by atoms with Crippen LogP contribution in [0.1, 0.15) is 28.4 Å². The highest BCUT2D eigenvalue weighted by Crippen LogP contribution is 2.17. The number of anilines is 2. The average molecular weight is 339 g/mol. The first kappa shape index (κ1) is 17.4. The molecule has 1 aliphatic heterocycles. The molecule has 6 nitrogen and oxygen atoms in total. The Morgan fingerprint density at radius 2 is 1.64 bits per heavy atom. The van der Waals surface area contributed by atoms with Gasteiger partial charge in [0.1, 0.15) is 0 Å². The van der Waals surface area contributed by atoms with E-state index in [4.69, 9.17) is 0 Å². The molecular formula is C19H25N5O. The standard InChI is InChI=1S/C19H25N5O/c1-4-23-5-7-24(8-6-23)18(25)16-12-20-19(21-13-16)22-17-10-14(2)9-15(3)11-17/h9-13H,4-8H2,1-3H3,(H,20,21,22). The van der Waals surface area contributed by atoms with Gasteiger partial charge < -0.3 is 15.1 Å². The Morgan fingerprint density at radius 1 is 1.04 bits per heavy atom. The molecule has 1 fully saturated rings. The summed E-state index contributed by atoms with van der Waals surface area (Å²) >= 11 is 0. The van der Waals surface area contributed by atoms with Gasteiger partial charge in [-0.25, -0.2) is 9.97 Å². The number of nitrogens with zero attached hydrogens (tertiary/aromatic N) is 4. The van der Waals surface area contributed by atoms with Gasteiger partial charge in [-0.3, -0.25) is 4.79 Å². The molecule has 0 radical (unpaired) electrons. The highest BCUT2D eigenvalue weighted by molar-refractivity contribution is 5.93. The van der Waals surface area contributed by atoms with Crippen LogP contribution in [-0.2, 0) is 0 Å². The van der Waals surface area contributed by atoms with Gasteiger partial charge in [0, 0.05) is 44.3 Å². The second-order valence-electron chi connectivity index (χ2n) is 6.52. The Bertz CT molecular complexity index is 716. The van der Waals surface area contributed by atoms with Crippen LogP contribution in [0.25, 0.3) is 0 Å². The van der Waals surface area contributed by atoms with Crippen molar-refractivity contribution in [3.8, 4) is 0 Å². The van der Waals surface area contributed by atoms with E-state index < -0.39 is 0 Å². The first-order valence-corrected chi connectivity index (χ1v) is 8.74. The van der Waals surface area contributed by atoms with E-state index in [1.165, 1.54) is 11.1 Å². The van der Waals surface area contributed by atoms with E-state index >= 15 is 0 Å². The molecule has 0 bridgehead atoms. The molecule has 132 valence electrons. The van der Waals surface area contributed by atoms with Crippen LogP contribution in [0.4, 0.5) is 11.6 Å². The summed E-state index contributed by atoms with van der Waals surface area (Å²) in [6.45, 7) is 10.7. The van der Waals surface area contributed by atoms with Gasteiger partial charge in [0.15, 0.2) is 0 Å². The minimum Gasteiger partial charge on any atom is -0.336 e. The zero-order chi connectivity index (χ0) is 17.8. The third-order valence-electron chi connectivity index (χ3n) is 4.48. The van der Waals surface area contributed by atoms with Crippen molar-refractivity contribution in [1.82, 2.24) is 19.8 Å². The number of benzene rings is 1. The predicted octanol–water partition coefficient (Wildman–Crippen LogP) is 2.61. The van der Waals surface area contributed by atoms with Crippen molar-refractivity contribution >= 4 is 17.5 Å². The number of piperazine rings is 1. The van der Waals surface area contributed by atoms with E-state index in [-0.39, 0.29) is 5.91 Å². The summed E-state index contributed by atoms with van der Waals surface area (Å²) in [5, 5.41) is 3.19. The molecule has 0 saturated carbocycles. The fourth-order valence-corrected chi connectivity index (χ4v) is 3.13. The number of carbonyl (C=O) groups excluding carboxylic acids is 1. The number of aromatic nitrogens is 2. The number of carbonyl (C=O) groups is 1. The molecule has 0 aliphatic carbocycles. The molecule has 25 heavy (non-hydrogen) atoms. The van der Waals surface area contributed by atoms with Crippen LogP contribution >= 0.6 is 0 Å². The zero-order valence-electron chi connectivity index (χ0n) is 15.1.